The summed E-state index contributed by atoms with van der Waals surface area (Å²) in [5, 5.41) is 3.65. The lowest BCUT2D eigenvalue weighted by Crippen LogP contribution is -2.44. The molecule has 4 heteroatoms. The van der Waals surface area contributed by atoms with Crippen LogP contribution in [0.15, 0.2) is 18.3 Å². The van der Waals surface area contributed by atoms with E-state index in [0.29, 0.717) is 18.7 Å². The fourth-order valence-electron chi connectivity index (χ4n) is 2.70. The number of pyridine rings is 1. The molecule has 1 saturated heterocycles. The van der Waals surface area contributed by atoms with Gasteiger partial charge in [0, 0.05) is 30.4 Å². The lowest BCUT2D eigenvalue weighted by molar-refractivity contribution is 0.160. The SMILES string of the molecule is CCOc1ncccc1CNC1CCN(C(C)C)CC1. The topological polar surface area (TPSA) is 37.4 Å². The molecule has 112 valence electrons. The number of likely N-dealkylation sites (tertiary alicyclic amines) is 1. The summed E-state index contributed by atoms with van der Waals surface area (Å²) in [6, 6.07) is 5.34. The van der Waals surface area contributed by atoms with Gasteiger partial charge in [0.2, 0.25) is 5.88 Å². The molecular weight excluding hydrogens is 250 g/mol. The quantitative estimate of drug-likeness (QED) is 0.866. The van der Waals surface area contributed by atoms with E-state index in [9.17, 15) is 0 Å². The smallest absolute Gasteiger partial charge is 0.217 e. The molecule has 0 aliphatic carbocycles. The molecule has 0 bridgehead atoms. The minimum atomic E-state index is 0.611. The Bertz CT molecular complexity index is 400. The molecule has 2 rings (SSSR count). The molecule has 0 unspecified atom stereocenters. The van der Waals surface area contributed by atoms with Crippen molar-refractivity contribution in [1.29, 1.82) is 0 Å². The van der Waals surface area contributed by atoms with Crippen molar-refractivity contribution in [2.24, 2.45) is 0 Å². The van der Waals surface area contributed by atoms with Gasteiger partial charge in [0.05, 0.1) is 6.61 Å². The maximum absolute atomic E-state index is 5.57. The highest BCUT2D eigenvalue weighted by atomic mass is 16.5. The van der Waals surface area contributed by atoms with Crippen LogP contribution in [0.5, 0.6) is 5.88 Å². The van der Waals surface area contributed by atoms with Crippen LogP contribution in [0.2, 0.25) is 0 Å². The van der Waals surface area contributed by atoms with Gasteiger partial charge in [-0.15, -0.1) is 0 Å². The van der Waals surface area contributed by atoms with Gasteiger partial charge in [0.25, 0.3) is 0 Å². The molecule has 1 aromatic heterocycles. The standard InChI is InChI=1S/C16H27N3O/c1-4-20-16-14(6-5-9-17-16)12-18-15-7-10-19(11-8-15)13(2)3/h5-6,9,13,15,18H,4,7-8,10-12H2,1-3H3. The summed E-state index contributed by atoms with van der Waals surface area (Å²) in [5.41, 5.74) is 1.15. The Morgan fingerprint density at radius 3 is 2.80 bits per heavy atom. The zero-order valence-corrected chi connectivity index (χ0v) is 12.9. The minimum absolute atomic E-state index is 0.611. The molecule has 0 aromatic carbocycles. The Morgan fingerprint density at radius 2 is 2.15 bits per heavy atom. The van der Waals surface area contributed by atoms with E-state index in [0.717, 1.165) is 18.0 Å². The average molecular weight is 277 g/mol. The first-order chi connectivity index (χ1) is 9.70. The summed E-state index contributed by atoms with van der Waals surface area (Å²) >= 11 is 0. The van der Waals surface area contributed by atoms with Gasteiger partial charge >= 0.3 is 0 Å². The van der Waals surface area contributed by atoms with Crippen LogP contribution in [0.25, 0.3) is 0 Å². The second-order valence-corrected chi connectivity index (χ2v) is 5.69. The fraction of sp³-hybridized carbons (Fsp3) is 0.688. The van der Waals surface area contributed by atoms with Crippen LogP contribution < -0.4 is 10.1 Å². The summed E-state index contributed by atoms with van der Waals surface area (Å²) in [6.45, 7) is 10.4. The van der Waals surface area contributed by atoms with Crippen molar-refractivity contribution in [2.75, 3.05) is 19.7 Å². The van der Waals surface area contributed by atoms with Gasteiger partial charge < -0.3 is 15.0 Å². The summed E-state index contributed by atoms with van der Waals surface area (Å²) < 4.78 is 5.57. The Balaban J connectivity index is 1.81. The molecule has 0 saturated carbocycles. The van der Waals surface area contributed by atoms with E-state index in [4.69, 9.17) is 4.74 Å². The van der Waals surface area contributed by atoms with Gasteiger partial charge in [-0.3, -0.25) is 0 Å². The first-order valence-electron chi connectivity index (χ1n) is 7.74. The van der Waals surface area contributed by atoms with Gasteiger partial charge in [0.1, 0.15) is 0 Å². The Labute approximate surface area is 122 Å². The summed E-state index contributed by atoms with van der Waals surface area (Å²) in [4.78, 5) is 6.85. The largest absolute Gasteiger partial charge is 0.478 e. The van der Waals surface area contributed by atoms with Crippen molar-refractivity contribution in [3.8, 4) is 5.88 Å². The number of hydrogen-bond acceptors (Lipinski definition) is 4. The zero-order valence-electron chi connectivity index (χ0n) is 12.9. The van der Waals surface area contributed by atoms with Crippen molar-refractivity contribution in [3.63, 3.8) is 0 Å². The van der Waals surface area contributed by atoms with Crippen LogP contribution in [0.4, 0.5) is 0 Å². The third kappa shape index (κ3) is 4.18. The van der Waals surface area contributed by atoms with Crippen LogP contribution in [-0.4, -0.2) is 41.7 Å². The van der Waals surface area contributed by atoms with Crippen molar-refractivity contribution >= 4 is 0 Å². The molecule has 1 N–H and O–H groups in total. The van der Waals surface area contributed by atoms with Crippen molar-refractivity contribution in [2.45, 2.75) is 52.2 Å². The third-order valence-electron chi connectivity index (χ3n) is 3.97. The lowest BCUT2D eigenvalue weighted by Gasteiger charge is -2.35. The summed E-state index contributed by atoms with van der Waals surface area (Å²) in [5.74, 6) is 0.766. The molecule has 1 fully saturated rings. The molecule has 2 heterocycles. The number of ether oxygens (including phenoxy) is 1. The maximum Gasteiger partial charge on any atom is 0.217 e. The molecule has 1 aromatic rings. The molecule has 0 amide bonds. The second kappa shape index (κ2) is 7.60. The first-order valence-corrected chi connectivity index (χ1v) is 7.74. The monoisotopic (exact) mass is 277 g/mol. The highest BCUT2D eigenvalue weighted by molar-refractivity contribution is 5.25. The molecule has 4 nitrogen and oxygen atoms in total. The average Bonchev–Trinajstić information content (AvgIpc) is 2.47. The van der Waals surface area contributed by atoms with Gasteiger partial charge in [-0.25, -0.2) is 4.98 Å². The molecule has 0 atom stereocenters. The van der Waals surface area contributed by atoms with Crippen molar-refractivity contribution < 1.29 is 4.74 Å². The highest BCUT2D eigenvalue weighted by Gasteiger charge is 2.20. The van der Waals surface area contributed by atoms with Gasteiger partial charge in [0.15, 0.2) is 0 Å². The second-order valence-electron chi connectivity index (χ2n) is 5.69. The Hall–Kier alpha value is -1.13. The minimum Gasteiger partial charge on any atom is -0.478 e. The molecule has 0 radical (unpaired) electrons. The summed E-state index contributed by atoms with van der Waals surface area (Å²) in [6.07, 6.45) is 4.24. The maximum atomic E-state index is 5.57. The third-order valence-corrected chi connectivity index (χ3v) is 3.97. The predicted molar refractivity (Wildman–Crippen MR) is 82.0 cm³/mol. The van der Waals surface area contributed by atoms with Gasteiger partial charge in [-0.05, 0) is 52.8 Å². The van der Waals surface area contributed by atoms with Gasteiger partial charge in [-0.2, -0.15) is 0 Å². The normalized spacial score (nSPS) is 17.6. The number of aromatic nitrogens is 1. The van der Waals surface area contributed by atoms with Crippen LogP contribution in [0, 0.1) is 0 Å². The lowest BCUT2D eigenvalue weighted by atomic mass is 10.0. The van der Waals surface area contributed by atoms with Crippen molar-refractivity contribution in [1.82, 2.24) is 15.2 Å². The number of nitrogens with one attached hydrogen (secondary N) is 1. The molecule has 1 aliphatic heterocycles. The molecule has 1 aliphatic rings. The van der Waals surface area contributed by atoms with E-state index in [1.165, 1.54) is 25.9 Å². The van der Waals surface area contributed by atoms with E-state index < -0.39 is 0 Å². The van der Waals surface area contributed by atoms with Crippen LogP contribution >= 0.6 is 0 Å². The van der Waals surface area contributed by atoms with E-state index >= 15 is 0 Å². The Kier molecular flexibility index (Phi) is 5.80. The van der Waals surface area contributed by atoms with Crippen LogP contribution in [0.1, 0.15) is 39.2 Å². The Morgan fingerprint density at radius 1 is 1.40 bits per heavy atom. The van der Waals surface area contributed by atoms with E-state index in [-0.39, 0.29) is 0 Å². The zero-order chi connectivity index (χ0) is 14.4. The fourth-order valence-corrected chi connectivity index (χ4v) is 2.70. The van der Waals surface area contributed by atoms with E-state index in [1.807, 2.05) is 13.0 Å². The van der Waals surface area contributed by atoms with Crippen LogP contribution in [0.3, 0.4) is 0 Å². The van der Waals surface area contributed by atoms with E-state index in [2.05, 4.69) is 35.1 Å². The number of rotatable bonds is 6. The number of nitrogens with zero attached hydrogens (tertiary/aromatic N) is 2. The van der Waals surface area contributed by atoms with E-state index in [1.54, 1.807) is 6.20 Å². The van der Waals surface area contributed by atoms with Crippen LogP contribution in [-0.2, 0) is 6.54 Å². The number of hydrogen-bond donors (Lipinski definition) is 1. The van der Waals surface area contributed by atoms with Crippen molar-refractivity contribution in [3.05, 3.63) is 23.9 Å². The molecule has 20 heavy (non-hydrogen) atoms. The predicted octanol–water partition coefficient (Wildman–Crippen LogP) is 2.44. The first kappa shape index (κ1) is 15.3. The molecular formula is C16H27N3O. The highest BCUT2D eigenvalue weighted by Crippen LogP contribution is 2.17. The molecule has 0 spiro atoms. The number of piperidine rings is 1. The summed E-state index contributed by atoms with van der Waals surface area (Å²) in [7, 11) is 0. The van der Waals surface area contributed by atoms with Gasteiger partial charge in [-0.1, -0.05) is 6.07 Å².